The van der Waals surface area contributed by atoms with E-state index in [-0.39, 0.29) is 0 Å². The van der Waals surface area contributed by atoms with E-state index in [9.17, 15) is 0 Å². The minimum atomic E-state index is 0.396. The lowest BCUT2D eigenvalue weighted by molar-refractivity contribution is 0.521. The molecule has 0 aliphatic rings. The molecular formula is C15H18N4. The molecule has 1 N–H and O–H groups in total. The molecule has 0 bridgehead atoms. The molecule has 0 amide bonds. The Hall–Kier alpha value is -2.12. The van der Waals surface area contributed by atoms with Gasteiger partial charge in [0, 0.05) is 25.3 Å². The third-order valence-electron chi connectivity index (χ3n) is 2.91. The highest BCUT2D eigenvalue weighted by Crippen LogP contribution is 2.05. The average molecular weight is 254 g/mol. The first-order valence-electron chi connectivity index (χ1n) is 6.43. The summed E-state index contributed by atoms with van der Waals surface area (Å²) in [4.78, 5) is 0. The summed E-state index contributed by atoms with van der Waals surface area (Å²) < 4.78 is 1.96. The van der Waals surface area contributed by atoms with Crippen LogP contribution in [-0.4, -0.2) is 9.78 Å². The predicted octanol–water partition coefficient (Wildman–Crippen LogP) is 2.63. The molecule has 2 rings (SSSR count). The molecule has 0 aliphatic heterocycles. The van der Waals surface area contributed by atoms with Gasteiger partial charge in [-0.1, -0.05) is 12.1 Å². The maximum Gasteiger partial charge on any atom is 0.0991 e. The van der Waals surface area contributed by atoms with Crippen molar-refractivity contribution in [1.29, 1.82) is 5.26 Å². The Morgan fingerprint density at radius 3 is 2.53 bits per heavy atom. The van der Waals surface area contributed by atoms with Crippen LogP contribution in [0.2, 0.25) is 0 Å². The summed E-state index contributed by atoms with van der Waals surface area (Å²) in [6.45, 7) is 5.75. The molecule has 2 aromatic rings. The number of nitrogens with one attached hydrogen (secondary N) is 1. The molecule has 0 spiro atoms. The van der Waals surface area contributed by atoms with E-state index in [1.807, 2.05) is 41.2 Å². The molecule has 0 saturated carbocycles. The quantitative estimate of drug-likeness (QED) is 0.892. The van der Waals surface area contributed by atoms with Gasteiger partial charge in [-0.2, -0.15) is 10.4 Å². The number of hydrogen-bond donors (Lipinski definition) is 1. The molecular weight excluding hydrogens is 236 g/mol. The summed E-state index contributed by atoms with van der Waals surface area (Å²) in [7, 11) is 0. The van der Waals surface area contributed by atoms with Crippen LogP contribution in [0.15, 0.2) is 36.5 Å². The Labute approximate surface area is 113 Å². The second-order valence-corrected chi connectivity index (χ2v) is 4.79. The summed E-state index contributed by atoms with van der Waals surface area (Å²) in [6, 6.07) is 12.2. The number of nitriles is 1. The first kappa shape index (κ1) is 13.3. The largest absolute Gasteiger partial charge is 0.307 e. The first-order valence-corrected chi connectivity index (χ1v) is 6.43. The molecule has 1 aromatic heterocycles. The van der Waals surface area contributed by atoms with Crippen LogP contribution in [-0.2, 0) is 13.1 Å². The van der Waals surface area contributed by atoms with Crippen LogP contribution in [0.1, 0.15) is 36.7 Å². The Morgan fingerprint density at radius 1 is 1.21 bits per heavy atom. The summed E-state index contributed by atoms with van der Waals surface area (Å²) >= 11 is 0. The summed E-state index contributed by atoms with van der Waals surface area (Å²) in [5.74, 6) is 0. The van der Waals surface area contributed by atoms with Crippen molar-refractivity contribution >= 4 is 0 Å². The Morgan fingerprint density at radius 2 is 1.95 bits per heavy atom. The molecule has 1 heterocycles. The van der Waals surface area contributed by atoms with Gasteiger partial charge >= 0.3 is 0 Å². The lowest BCUT2D eigenvalue weighted by atomic mass is 10.1. The van der Waals surface area contributed by atoms with E-state index in [0.717, 1.165) is 18.8 Å². The minimum absolute atomic E-state index is 0.396. The van der Waals surface area contributed by atoms with Gasteiger partial charge in [-0.3, -0.25) is 4.68 Å². The summed E-state index contributed by atoms with van der Waals surface area (Å²) in [5.41, 5.74) is 2.91. The van der Waals surface area contributed by atoms with Gasteiger partial charge in [-0.25, -0.2) is 0 Å². The van der Waals surface area contributed by atoms with E-state index in [4.69, 9.17) is 5.26 Å². The van der Waals surface area contributed by atoms with E-state index >= 15 is 0 Å². The summed E-state index contributed by atoms with van der Waals surface area (Å²) in [6.07, 6.45) is 2.00. The van der Waals surface area contributed by atoms with Crippen molar-refractivity contribution in [2.75, 3.05) is 0 Å². The standard InChI is InChI=1S/C15H18N4/c1-12(2)19-8-7-15(18-19)11-17-10-14-5-3-13(9-16)4-6-14/h3-8,12,17H,10-11H2,1-2H3. The van der Waals surface area contributed by atoms with Crippen LogP contribution >= 0.6 is 0 Å². The van der Waals surface area contributed by atoms with E-state index in [1.54, 1.807) is 0 Å². The zero-order valence-corrected chi connectivity index (χ0v) is 11.3. The van der Waals surface area contributed by atoms with Gasteiger partial charge in [0.2, 0.25) is 0 Å². The van der Waals surface area contributed by atoms with E-state index < -0.39 is 0 Å². The maximum atomic E-state index is 8.72. The third-order valence-corrected chi connectivity index (χ3v) is 2.91. The molecule has 4 nitrogen and oxygen atoms in total. The minimum Gasteiger partial charge on any atom is -0.307 e. The molecule has 0 atom stereocenters. The van der Waals surface area contributed by atoms with Gasteiger partial charge in [0.1, 0.15) is 0 Å². The van der Waals surface area contributed by atoms with Crippen molar-refractivity contribution in [1.82, 2.24) is 15.1 Å². The number of nitrogens with zero attached hydrogens (tertiary/aromatic N) is 3. The van der Waals surface area contributed by atoms with Crippen LogP contribution in [0.25, 0.3) is 0 Å². The molecule has 0 fully saturated rings. The number of rotatable bonds is 5. The average Bonchev–Trinajstić information content (AvgIpc) is 2.89. The van der Waals surface area contributed by atoms with Crippen molar-refractivity contribution in [3.8, 4) is 6.07 Å². The molecule has 0 radical (unpaired) electrons. The van der Waals surface area contributed by atoms with Crippen molar-refractivity contribution < 1.29 is 0 Å². The van der Waals surface area contributed by atoms with Crippen molar-refractivity contribution in [2.24, 2.45) is 0 Å². The highest BCUT2D eigenvalue weighted by Gasteiger charge is 2.01. The predicted molar refractivity (Wildman–Crippen MR) is 74.3 cm³/mol. The van der Waals surface area contributed by atoms with E-state index in [2.05, 4.69) is 30.3 Å². The first-order chi connectivity index (χ1) is 9.19. The van der Waals surface area contributed by atoms with Crippen LogP contribution in [0.3, 0.4) is 0 Å². The van der Waals surface area contributed by atoms with Crippen molar-refractivity contribution in [3.63, 3.8) is 0 Å². The lowest BCUT2D eigenvalue weighted by Gasteiger charge is -2.05. The Bertz CT molecular complexity index is 561. The molecule has 0 aliphatic carbocycles. The van der Waals surface area contributed by atoms with Gasteiger partial charge in [0.15, 0.2) is 0 Å². The topological polar surface area (TPSA) is 53.6 Å². The monoisotopic (exact) mass is 254 g/mol. The molecule has 1 aromatic carbocycles. The molecule has 98 valence electrons. The van der Waals surface area contributed by atoms with E-state index in [1.165, 1.54) is 5.56 Å². The third kappa shape index (κ3) is 3.67. The fraction of sp³-hybridized carbons (Fsp3) is 0.333. The van der Waals surface area contributed by atoms with E-state index in [0.29, 0.717) is 11.6 Å². The second kappa shape index (κ2) is 6.17. The Balaban J connectivity index is 1.83. The Kier molecular flexibility index (Phi) is 4.32. The number of benzene rings is 1. The molecule has 0 unspecified atom stereocenters. The van der Waals surface area contributed by atoms with Gasteiger partial charge in [0.25, 0.3) is 0 Å². The van der Waals surface area contributed by atoms with Crippen LogP contribution < -0.4 is 5.32 Å². The van der Waals surface area contributed by atoms with Gasteiger partial charge < -0.3 is 5.32 Å². The smallest absolute Gasteiger partial charge is 0.0991 e. The highest BCUT2D eigenvalue weighted by atomic mass is 15.3. The number of hydrogen-bond acceptors (Lipinski definition) is 3. The van der Waals surface area contributed by atoms with Crippen LogP contribution in [0.5, 0.6) is 0 Å². The van der Waals surface area contributed by atoms with Gasteiger partial charge in [-0.15, -0.1) is 0 Å². The molecule has 0 saturated heterocycles. The zero-order valence-electron chi connectivity index (χ0n) is 11.3. The highest BCUT2D eigenvalue weighted by molar-refractivity contribution is 5.31. The lowest BCUT2D eigenvalue weighted by Crippen LogP contribution is -2.13. The van der Waals surface area contributed by atoms with Crippen LogP contribution in [0, 0.1) is 11.3 Å². The van der Waals surface area contributed by atoms with Gasteiger partial charge in [-0.05, 0) is 37.6 Å². The molecule has 19 heavy (non-hydrogen) atoms. The fourth-order valence-corrected chi connectivity index (χ4v) is 1.79. The van der Waals surface area contributed by atoms with Gasteiger partial charge in [0.05, 0.1) is 17.3 Å². The fourth-order valence-electron chi connectivity index (χ4n) is 1.79. The maximum absolute atomic E-state index is 8.72. The second-order valence-electron chi connectivity index (χ2n) is 4.79. The zero-order chi connectivity index (χ0) is 13.7. The summed E-state index contributed by atoms with van der Waals surface area (Å²) in [5, 5.41) is 16.6. The van der Waals surface area contributed by atoms with Crippen molar-refractivity contribution in [3.05, 3.63) is 53.3 Å². The van der Waals surface area contributed by atoms with Crippen molar-refractivity contribution in [2.45, 2.75) is 33.0 Å². The van der Waals surface area contributed by atoms with Crippen LogP contribution in [0.4, 0.5) is 0 Å². The molecule has 4 heteroatoms. The SMILES string of the molecule is CC(C)n1ccc(CNCc2ccc(C#N)cc2)n1. The number of aromatic nitrogens is 2. The normalized spacial score (nSPS) is 10.6.